The van der Waals surface area contributed by atoms with Crippen LogP contribution in [0.25, 0.3) is 22.1 Å². The molecule has 1 unspecified atom stereocenters. The lowest BCUT2D eigenvalue weighted by Crippen LogP contribution is -2.48. The van der Waals surface area contributed by atoms with E-state index in [0.717, 1.165) is 39.3 Å². The summed E-state index contributed by atoms with van der Waals surface area (Å²) in [4.78, 5) is 16.5. The van der Waals surface area contributed by atoms with Gasteiger partial charge in [0, 0.05) is 25.2 Å². The largest absolute Gasteiger partial charge is 0.354 e. The van der Waals surface area contributed by atoms with Crippen molar-refractivity contribution in [2.45, 2.75) is 38.8 Å². The van der Waals surface area contributed by atoms with E-state index in [1.54, 1.807) is 6.92 Å². The van der Waals surface area contributed by atoms with Crippen LogP contribution in [0.3, 0.4) is 0 Å². The van der Waals surface area contributed by atoms with Crippen molar-refractivity contribution in [1.29, 1.82) is 0 Å². The molecule has 0 radical (unpaired) electrons. The van der Waals surface area contributed by atoms with E-state index in [1.807, 2.05) is 41.4 Å². The van der Waals surface area contributed by atoms with Crippen LogP contribution in [0.1, 0.15) is 32.7 Å². The van der Waals surface area contributed by atoms with Gasteiger partial charge in [0.15, 0.2) is 11.4 Å². The van der Waals surface area contributed by atoms with Gasteiger partial charge in [0.2, 0.25) is 5.91 Å². The summed E-state index contributed by atoms with van der Waals surface area (Å²) in [5, 5.41) is 9.90. The summed E-state index contributed by atoms with van der Waals surface area (Å²) in [6.45, 7) is 4.32. The zero-order valence-corrected chi connectivity index (χ0v) is 17.5. The first-order chi connectivity index (χ1) is 15.1. The number of rotatable bonds is 3. The number of hydrogen-bond acceptors (Lipinski definition) is 5. The Morgan fingerprint density at radius 2 is 1.94 bits per heavy atom. The SMILES string of the molecule is CC(=O)N1c2ccc(-c3cnn(C4CC4)c3)cc2N(c2noc3ccccc23)CC1C. The van der Waals surface area contributed by atoms with Crippen LogP contribution in [0.4, 0.5) is 17.2 Å². The maximum atomic E-state index is 12.5. The normalized spacial score (nSPS) is 18.5. The summed E-state index contributed by atoms with van der Waals surface area (Å²) >= 11 is 0. The molecule has 7 nitrogen and oxygen atoms in total. The summed E-state index contributed by atoms with van der Waals surface area (Å²) in [6, 6.07) is 14.7. The number of carbonyl (C=O) groups is 1. The molecule has 0 bridgehead atoms. The van der Waals surface area contributed by atoms with Crippen molar-refractivity contribution in [3.05, 3.63) is 54.9 Å². The molecule has 1 saturated carbocycles. The Kier molecular flexibility index (Phi) is 3.93. The minimum Gasteiger partial charge on any atom is -0.354 e. The molecule has 1 atom stereocenters. The van der Waals surface area contributed by atoms with Crippen LogP contribution in [-0.4, -0.2) is 33.4 Å². The molecule has 7 heteroatoms. The van der Waals surface area contributed by atoms with E-state index in [1.165, 1.54) is 12.8 Å². The highest BCUT2D eigenvalue weighted by atomic mass is 16.5. The molecule has 1 amide bonds. The number of aromatic nitrogens is 3. The number of anilines is 3. The van der Waals surface area contributed by atoms with Crippen LogP contribution in [0.15, 0.2) is 59.4 Å². The summed E-state index contributed by atoms with van der Waals surface area (Å²) < 4.78 is 7.65. The van der Waals surface area contributed by atoms with Crippen LogP contribution < -0.4 is 9.80 Å². The Hall–Kier alpha value is -3.61. The van der Waals surface area contributed by atoms with E-state index in [0.29, 0.717) is 12.6 Å². The molecule has 0 spiro atoms. The molecule has 3 heterocycles. The van der Waals surface area contributed by atoms with Crippen molar-refractivity contribution in [3.8, 4) is 11.1 Å². The third kappa shape index (κ3) is 2.91. The Bertz CT molecular complexity index is 1300. The van der Waals surface area contributed by atoms with Crippen molar-refractivity contribution < 1.29 is 9.32 Å². The lowest BCUT2D eigenvalue weighted by molar-refractivity contribution is -0.117. The molecular weight excluding hydrogens is 390 g/mol. The van der Waals surface area contributed by atoms with Gasteiger partial charge in [0.05, 0.1) is 35.0 Å². The van der Waals surface area contributed by atoms with Gasteiger partial charge in [-0.3, -0.25) is 9.48 Å². The molecule has 0 saturated heterocycles. The molecule has 1 aliphatic heterocycles. The van der Waals surface area contributed by atoms with Gasteiger partial charge < -0.3 is 14.3 Å². The smallest absolute Gasteiger partial charge is 0.224 e. The Morgan fingerprint density at radius 3 is 2.74 bits per heavy atom. The van der Waals surface area contributed by atoms with E-state index in [9.17, 15) is 4.79 Å². The highest BCUT2D eigenvalue weighted by molar-refractivity contribution is 6.01. The molecule has 1 fully saturated rings. The van der Waals surface area contributed by atoms with Gasteiger partial charge in [-0.25, -0.2) is 0 Å². The van der Waals surface area contributed by atoms with Gasteiger partial charge >= 0.3 is 0 Å². The number of hydrogen-bond donors (Lipinski definition) is 0. The number of benzene rings is 2. The molecular formula is C24H23N5O2. The molecule has 2 aliphatic rings. The number of fused-ring (bicyclic) bond motifs is 2. The molecule has 0 N–H and O–H groups in total. The van der Waals surface area contributed by atoms with E-state index < -0.39 is 0 Å². The first-order valence-electron chi connectivity index (χ1n) is 10.7. The van der Waals surface area contributed by atoms with Crippen LogP contribution in [0, 0.1) is 0 Å². The van der Waals surface area contributed by atoms with Crippen molar-refractivity contribution >= 4 is 34.1 Å². The van der Waals surface area contributed by atoms with Crippen molar-refractivity contribution in [1.82, 2.24) is 14.9 Å². The second-order valence-corrected chi connectivity index (χ2v) is 8.49. The van der Waals surface area contributed by atoms with Gasteiger partial charge in [-0.15, -0.1) is 0 Å². The van der Waals surface area contributed by atoms with Crippen LogP contribution in [-0.2, 0) is 4.79 Å². The lowest BCUT2D eigenvalue weighted by atomic mass is 10.0. The number of amides is 1. The van der Waals surface area contributed by atoms with Gasteiger partial charge in [-0.05, 0) is 49.6 Å². The molecule has 4 aromatic rings. The fourth-order valence-electron chi connectivity index (χ4n) is 4.58. The average molecular weight is 413 g/mol. The predicted molar refractivity (Wildman–Crippen MR) is 120 cm³/mol. The lowest BCUT2D eigenvalue weighted by Gasteiger charge is -2.41. The van der Waals surface area contributed by atoms with Gasteiger partial charge in [0.25, 0.3) is 0 Å². The molecule has 6 rings (SSSR count). The fourth-order valence-corrected chi connectivity index (χ4v) is 4.58. The minimum atomic E-state index is 0.00364. The molecule has 2 aromatic carbocycles. The first kappa shape index (κ1) is 18.2. The first-order valence-corrected chi connectivity index (χ1v) is 10.7. The van der Waals surface area contributed by atoms with Gasteiger partial charge in [-0.2, -0.15) is 5.10 Å². The fraction of sp³-hybridized carbons (Fsp3) is 0.292. The minimum absolute atomic E-state index is 0.00364. The Labute approximate surface area is 179 Å². The monoisotopic (exact) mass is 413 g/mol. The standard InChI is InChI=1S/C24H23N5O2/c1-15-13-27(24-20-5-3-4-6-23(20)31-26-24)22-11-17(7-10-21(22)29(15)16(2)30)18-12-25-28(14-18)19-8-9-19/h3-7,10-12,14-15,19H,8-9,13H2,1-2H3. The second-order valence-electron chi connectivity index (χ2n) is 8.49. The van der Waals surface area contributed by atoms with E-state index in [4.69, 9.17) is 4.52 Å². The molecule has 156 valence electrons. The van der Waals surface area contributed by atoms with Crippen LogP contribution >= 0.6 is 0 Å². The Balaban J connectivity index is 1.50. The molecule has 2 aromatic heterocycles. The zero-order chi connectivity index (χ0) is 21.1. The predicted octanol–water partition coefficient (Wildman–Crippen LogP) is 4.92. The van der Waals surface area contributed by atoms with E-state index in [2.05, 4.69) is 45.1 Å². The summed E-state index contributed by atoms with van der Waals surface area (Å²) in [5.74, 6) is 0.811. The third-order valence-corrected chi connectivity index (χ3v) is 6.22. The molecule has 1 aliphatic carbocycles. The quantitative estimate of drug-likeness (QED) is 0.477. The number of carbonyl (C=O) groups excluding carboxylic acids is 1. The van der Waals surface area contributed by atoms with E-state index in [-0.39, 0.29) is 11.9 Å². The summed E-state index contributed by atoms with van der Waals surface area (Å²) in [7, 11) is 0. The second kappa shape index (κ2) is 6.70. The van der Waals surface area contributed by atoms with Gasteiger partial charge in [-0.1, -0.05) is 23.4 Å². The average Bonchev–Trinajstić information content (AvgIpc) is 3.34. The molecule has 31 heavy (non-hydrogen) atoms. The van der Waals surface area contributed by atoms with Crippen LogP contribution in [0.5, 0.6) is 0 Å². The van der Waals surface area contributed by atoms with Gasteiger partial charge in [0.1, 0.15) is 0 Å². The topological polar surface area (TPSA) is 67.4 Å². The Morgan fingerprint density at radius 1 is 1.10 bits per heavy atom. The van der Waals surface area contributed by atoms with E-state index >= 15 is 0 Å². The van der Waals surface area contributed by atoms with Crippen LogP contribution in [0.2, 0.25) is 0 Å². The highest BCUT2D eigenvalue weighted by Crippen LogP contribution is 2.44. The maximum Gasteiger partial charge on any atom is 0.224 e. The summed E-state index contributed by atoms with van der Waals surface area (Å²) in [5.41, 5.74) is 4.73. The van der Waals surface area contributed by atoms with Crippen molar-refractivity contribution in [2.75, 3.05) is 16.3 Å². The highest BCUT2D eigenvalue weighted by Gasteiger charge is 2.33. The summed E-state index contributed by atoms with van der Waals surface area (Å²) in [6.07, 6.45) is 6.43. The number of nitrogens with zero attached hydrogens (tertiary/aromatic N) is 5. The zero-order valence-electron chi connectivity index (χ0n) is 17.5. The number of para-hydroxylation sites is 1. The van der Waals surface area contributed by atoms with Crippen molar-refractivity contribution in [3.63, 3.8) is 0 Å². The maximum absolute atomic E-state index is 12.5. The van der Waals surface area contributed by atoms with Crippen molar-refractivity contribution in [2.24, 2.45) is 0 Å². The third-order valence-electron chi connectivity index (χ3n) is 6.22.